The van der Waals surface area contributed by atoms with Gasteiger partial charge in [-0.15, -0.1) is 11.3 Å². The van der Waals surface area contributed by atoms with Crippen LogP contribution in [0.4, 0.5) is 16.4 Å². The van der Waals surface area contributed by atoms with Gasteiger partial charge in [-0.3, -0.25) is 19.7 Å². The molecule has 2 amide bonds. The molecule has 0 aliphatic heterocycles. The van der Waals surface area contributed by atoms with Crippen LogP contribution in [-0.2, 0) is 9.53 Å². The smallest absolute Gasteiger partial charge is 0.341 e. The number of nitrogens with one attached hydrogen (secondary N) is 2. The molecular weight excluding hydrogens is 434 g/mol. The van der Waals surface area contributed by atoms with Gasteiger partial charge in [0.05, 0.1) is 22.0 Å². The molecule has 9 nitrogen and oxygen atoms in total. The highest BCUT2D eigenvalue weighted by atomic mass is 32.1. The van der Waals surface area contributed by atoms with Crippen molar-refractivity contribution in [2.75, 3.05) is 17.2 Å². The number of hydrogen-bond acceptors (Lipinski definition) is 7. The zero-order valence-corrected chi connectivity index (χ0v) is 18.8. The molecule has 170 valence electrons. The SMILES string of the molecule is CCOC(=O)c1c(NC(=O)C2CCCCC2)sc(C(=O)Nc2cccc([N+](=O)[O-])c2)c1C. The first-order chi connectivity index (χ1) is 15.3. The van der Waals surface area contributed by atoms with Crippen molar-refractivity contribution in [2.45, 2.75) is 46.0 Å². The van der Waals surface area contributed by atoms with Gasteiger partial charge in [0.2, 0.25) is 5.91 Å². The lowest BCUT2D eigenvalue weighted by Gasteiger charge is -2.20. The molecule has 2 N–H and O–H groups in total. The molecule has 0 bridgehead atoms. The number of carbonyl (C=O) groups excluding carboxylic acids is 3. The lowest BCUT2D eigenvalue weighted by molar-refractivity contribution is -0.384. The number of rotatable bonds is 7. The van der Waals surface area contributed by atoms with Crippen molar-refractivity contribution in [2.24, 2.45) is 5.92 Å². The second kappa shape index (κ2) is 10.4. The molecular formula is C22H25N3O6S. The van der Waals surface area contributed by atoms with E-state index in [0.29, 0.717) is 5.56 Å². The van der Waals surface area contributed by atoms with Gasteiger partial charge < -0.3 is 15.4 Å². The van der Waals surface area contributed by atoms with Gasteiger partial charge in [0.25, 0.3) is 11.6 Å². The van der Waals surface area contributed by atoms with Crippen LogP contribution in [0.25, 0.3) is 0 Å². The molecule has 0 saturated heterocycles. The number of thiophene rings is 1. The molecule has 32 heavy (non-hydrogen) atoms. The summed E-state index contributed by atoms with van der Waals surface area (Å²) < 4.78 is 5.14. The Morgan fingerprint density at radius 3 is 2.56 bits per heavy atom. The van der Waals surface area contributed by atoms with Crippen molar-refractivity contribution in [1.29, 1.82) is 0 Å². The van der Waals surface area contributed by atoms with Gasteiger partial charge in [0.15, 0.2) is 0 Å². The zero-order chi connectivity index (χ0) is 23.3. The topological polar surface area (TPSA) is 128 Å². The fraction of sp³-hybridized carbons (Fsp3) is 0.409. The van der Waals surface area contributed by atoms with Gasteiger partial charge in [-0.25, -0.2) is 4.79 Å². The lowest BCUT2D eigenvalue weighted by Crippen LogP contribution is -2.25. The van der Waals surface area contributed by atoms with Crippen LogP contribution in [0.2, 0.25) is 0 Å². The molecule has 1 aromatic carbocycles. The van der Waals surface area contributed by atoms with Crippen molar-refractivity contribution in [1.82, 2.24) is 0 Å². The molecule has 1 heterocycles. The number of anilines is 2. The summed E-state index contributed by atoms with van der Waals surface area (Å²) in [5.41, 5.74) is 0.640. The van der Waals surface area contributed by atoms with E-state index in [1.165, 1.54) is 24.3 Å². The highest BCUT2D eigenvalue weighted by Gasteiger charge is 2.29. The Kier molecular flexibility index (Phi) is 7.57. The number of nitro benzene ring substituents is 1. The van der Waals surface area contributed by atoms with Crippen LogP contribution in [0.1, 0.15) is 64.6 Å². The standard InChI is InChI=1S/C22H25N3O6S/c1-3-31-22(28)17-13(2)18(20(27)23-15-10-7-11-16(12-15)25(29)30)32-21(17)24-19(26)14-8-5-4-6-9-14/h7,10-12,14H,3-6,8-9H2,1-2H3,(H,23,27)(H,24,26). The van der Waals surface area contributed by atoms with Crippen LogP contribution in [0.5, 0.6) is 0 Å². The Labute approximate surface area is 189 Å². The molecule has 1 aliphatic rings. The quantitative estimate of drug-likeness (QED) is 0.344. The Morgan fingerprint density at radius 2 is 1.91 bits per heavy atom. The van der Waals surface area contributed by atoms with Crippen molar-refractivity contribution in [3.05, 3.63) is 50.4 Å². The van der Waals surface area contributed by atoms with E-state index in [0.717, 1.165) is 43.4 Å². The second-order valence-corrected chi connectivity index (χ2v) is 8.59. The number of non-ortho nitro benzene ring substituents is 1. The second-order valence-electron chi connectivity index (χ2n) is 7.57. The number of amides is 2. The average molecular weight is 460 g/mol. The predicted molar refractivity (Wildman–Crippen MR) is 121 cm³/mol. The minimum Gasteiger partial charge on any atom is -0.462 e. The zero-order valence-electron chi connectivity index (χ0n) is 17.9. The normalized spacial score (nSPS) is 13.9. The minimum absolute atomic E-state index is 0.122. The first-order valence-corrected chi connectivity index (χ1v) is 11.3. The molecule has 10 heteroatoms. The molecule has 1 aromatic heterocycles. The highest BCUT2D eigenvalue weighted by Crippen LogP contribution is 2.36. The van der Waals surface area contributed by atoms with E-state index < -0.39 is 16.8 Å². The van der Waals surface area contributed by atoms with Gasteiger partial charge in [-0.2, -0.15) is 0 Å². The Morgan fingerprint density at radius 1 is 1.19 bits per heavy atom. The molecule has 0 atom stereocenters. The van der Waals surface area contributed by atoms with Crippen LogP contribution in [0.3, 0.4) is 0 Å². The molecule has 3 rings (SSSR count). The summed E-state index contributed by atoms with van der Waals surface area (Å²) in [6.07, 6.45) is 4.68. The van der Waals surface area contributed by atoms with Gasteiger partial charge in [0, 0.05) is 23.7 Å². The van der Waals surface area contributed by atoms with E-state index in [1.807, 2.05) is 0 Å². The minimum atomic E-state index is -0.616. The summed E-state index contributed by atoms with van der Waals surface area (Å²) in [6.45, 7) is 3.44. The number of ether oxygens (including phenoxy) is 1. The van der Waals surface area contributed by atoms with Crippen molar-refractivity contribution in [3.8, 4) is 0 Å². The Bertz CT molecular complexity index is 1040. The van der Waals surface area contributed by atoms with Crippen molar-refractivity contribution < 1.29 is 24.0 Å². The van der Waals surface area contributed by atoms with Gasteiger partial charge in [-0.1, -0.05) is 25.3 Å². The van der Waals surface area contributed by atoms with Crippen LogP contribution in [-0.4, -0.2) is 29.3 Å². The Hall–Kier alpha value is -3.27. The van der Waals surface area contributed by atoms with E-state index in [2.05, 4.69) is 10.6 Å². The van der Waals surface area contributed by atoms with Gasteiger partial charge in [-0.05, 0) is 38.3 Å². The van der Waals surface area contributed by atoms with E-state index >= 15 is 0 Å². The number of esters is 1. The fourth-order valence-corrected chi connectivity index (χ4v) is 4.82. The largest absolute Gasteiger partial charge is 0.462 e. The van der Waals surface area contributed by atoms with Crippen molar-refractivity contribution >= 4 is 45.5 Å². The summed E-state index contributed by atoms with van der Waals surface area (Å²) in [4.78, 5) is 48.9. The van der Waals surface area contributed by atoms with E-state index in [4.69, 9.17) is 4.74 Å². The Balaban J connectivity index is 1.88. The summed E-state index contributed by atoms with van der Waals surface area (Å²) in [6, 6.07) is 5.57. The van der Waals surface area contributed by atoms with E-state index in [1.54, 1.807) is 13.8 Å². The third-order valence-corrected chi connectivity index (χ3v) is 6.57. The van der Waals surface area contributed by atoms with Crippen LogP contribution >= 0.6 is 11.3 Å². The number of carbonyl (C=O) groups is 3. The molecule has 0 spiro atoms. The fourth-order valence-electron chi connectivity index (χ4n) is 3.73. The number of benzene rings is 1. The number of hydrogen-bond donors (Lipinski definition) is 2. The lowest BCUT2D eigenvalue weighted by atomic mass is 9.89. The van der Waals surface area contributed by atoms with Crippen LogP contribution in [0.15, 0.2) is 24.3 Å². The van der Waals surface area contributed by atoms with Crippen molar-refractivity contribution in [3.63, 3.8) is 0 Å². The highest BCUT2D eigenvalue weighted by molar-refractivity contribution is 7.19. The summed E-state index contributed by atoms with van der Waals surface area (Å²) in [7, 11) is 0. The molecule has 2 aromatic rings. The molecule has 1 saturated carbocycles. The van der Waals surface area contributed by atoms with Gasteiger partial charge in [0.1, 0.15) is 5.00 Å². The molecule has 0 unspecified atom stereocenters. The number of nitro groups is 1. The maximum absolute atomic E-state index is 12.9. The third-order valence-electron chi connectivity index (χ3n) is 5.36. The number of nitrogens with zero attached hydrogens (tertiary/aromatic N) is 1. The first kappa shape index (κ1) is 23.4. The maximum atomic E-state index is 12.9. The average Bonchev–Trinajstić information content (AvgIpc) is 3.10. The van der Waals surface area contributed by atoms with Crippen LogP contribution in [0, 0.1) is 23.0 Å². The van der Waals surface area contributed by atoms with E-state index in [9.17, 15) is 24.5 Å². The molecule has 1 aliphatic carbocycles. The molecule has 1 fully saturated rings. The summed E-state index contributed by atoms with van der Waals surface area (Å²) >= 11 is 0.992. The summed E-state index contributed by atoms with van der Waals surface area (Å²) in [5.74, 6) is -1.43. The maximum Gasteiger partial charge on any atom is 0.341 e. The van der Waals surface area contributed by atoms with Gasteiger partial charge >= 0.3 is 5.97 Å². The monoisotopic (exact) mass is 459 g/mol. The van der Waals surface area contributed by atoms with Crippen LogP contribution < -0.4 is 10.6 Å². The third kappa shape index (κ3) is 5.31. The first-order valence-electron chi connectivity index (χ1n) is 10.5. The summed E-state index contributed by atoms with van der Waals surface area (Å²) in [5, 5.41) is 16.7. The van der Waals surface area contributed by atoms with E-state index in [-0.39, 0.29) is 45.2 Å². The predicted octanol–water partition coefficient (Wildman–Crippen LogP) is 4.91. The molecule has 0 radical (unpaired) electrons.